The smallest absolute Gasteiger partial charge is 0.210 e. The average Bonchev–Trinajstić information content (AvgIpc) is 2.70. The maximum absolute atomic E-state index is 13.7. The van der Waals surface area contributed by atoms with Gasteiger partial charge in [0.2, 0.25) is 7.14 Å². The summed E-state index contributed by atoms with van der Waals surface area (Å²) in [4.78, 5) is 0. The highest BCUT2D eigenvalue weighted by Gasteiger charge is 2.24. The zero-order chi connectivity index (χ0) is 17.4. The highest BCUT2D eigenvalue weighted by Crippen LogP contribution is 2.41. The fourth-order valence-corrected chi connectivity index (χ4v) is 4.82. The zero-order valence-corrected chi connectivity index (χ0v) is 15.0. The summed E-state index contributed by atoms with van der Waals surface area (Å²) in [6.07, 6.45) is 2.72. The molecule has 0 heterocycles. The summed E-state index contributed by atoms with van der Waals surface area (Å²) in [5.41, 5.74) is 4.44. The minimum atomic E-state index is -2.90. The molecule has 0 bridgehead atoms. The molecule has 0 aromatic heterocycles. The first kappa shape index (κ1) is 17.3. The van der Waals surface area contributed by atoms with Crippen LogP contribution in [0, 0.1) is 11.6 Å². The van der Waals surface area contributed by atoms with Gasteiger partial charge in [-0.3, -0.25) is 4.57 Å². The maximum atomic E-state index is 13.7. The van der Waals surface area contributed by atoms with Crippen molar-refractivity contribution in [2.75, 3.05) is 0 Å². The van der Waals surface area contributed by atoms with Crippen LogP contribution >= 0.6 is 7.14 Å². The molecule has 124 valence electrons. The summed E-state index contributed by atoms with van der Waals surface area (Å²) in [6.45, 7) is 0. The summed E-state index contributed by atoms with van der Waals surface area (Å²) < 4.78 is 13.7. The second-order valence-corrected chi connectivity index (χ2v) is 8.38. The minimum Gasteiger partial charge on any atom is -0.300 e. The van der Waals surface area contributed by atoms with Gasteiger partial charge in [-0.05, 0) is 24.1 Å². The molecule has 0 amide bonds. The molecule has 1 nitrogen and oxygen atoms in total. The van der Waals surface area contributed by atoms with E-state index < -0.39 is 7.14 Å². The number of hydrogen-bond acceptors (Lipinski definition) is 1. The Bertz CT molecular complexity index is 847. The van der Waals surface area contributed by atoms with Crippen LogP contribution in [-0.4, -0.2) is 0 Å². The third-order valence-electron chi connectivity index (χ3n) is 4.09. The third kappa shape index (κ3) is 4.50. The van der Waals surface area contributed by atoms with Crippen molar-refractivity contribution in [2.45, 2.75) is 19.3 Å². The van der Waals surface area contributed by atoms with Crippen molar-refractivity contribution in [3.05, 3.63) is 96.6 Å². The molecule has 0 fully saturated rings. The van der Waals surface area contributed by atoms with Gasteiger partial charge in [-0.1, -0.05) is 96.9 Å². The van der Waals surface area contributed by atoms with E-state index in [4.69, 9.17) is 0 Å². The lowest BCUT2D eigenvalue weighted by Crippen LogP contribution is -2.14. The molecule has 0 atom stereocenters. The molecule has 0 aliphatic rings. The molecular formula is C23H21OP. The molecule has 0 aliphatic carbocycles. The Morgan fingerprint density at radius 1 is 0.680 bits per heavy atom. The number of unbranched alkanes of at least 4 members (excludes halogenated alkanes) is 1. The summed E-state index contributed by atoms with van der Waals surface area (Å²) >= 11 is 0. The Balaban J connectivity index is 1.77. The predicted octanol–water partition coefficient (Wildman–Crippen LogP) is 4.98. The molecule has 3 rings (SSSR count). The molecule has 0 radical (unpaired) electrons. The Morgan fingerprint density at radius 2 is 1.16 bits per heavy atom. The van der Waals surface area contributed by atoms with Crippen LogP contribution in [0.4, 0.5) is 0 Å². The van der Waals surface area contributed by atoms with E-state index in [1.165, 1.54) is 5.56 Å². The first-order valence-electron chi connectivity index (χ1n) is 8.54. The minimum absolute atomic E-state index is 0.749. The van der Waals surface area contributed by atoms with Gasteiger partial charge in [0.1, 0.15) is 0 Å². The first-order chi connectivity index (χ1) is 12.3. The van der Waals surface area contributed by atoms with Crippen LogP contribution in [0.15, 0.2) is 91.0 Å². The lowest BCUT2D eigenvalue weighted by Gasteiger charge is -2.12. The van der Waals surface area contributed by atoms with E-state index in [9.17, 15) is 4.57 Å². The van der Waals surface area contributed by atoms with E-state index in [1.54, 1.807) is 0 Å². The van der Waals surface area contributed by atoms with Gasteiger partial charge in [0.15, 0.2) is 0 Å². The van der Waals surface area contributed by atoms with Crippen molar-refractivity contribution in [3.8, 4) is 11.6 Å². The summed E-state index contributed by atoms with van der Waals surface area (Å²) in [7, 11) is -2.90. The zero-order valence-electron chi connectivity index (χ0n) is 14.1. The van der Waals surface area contributed by atoms with E-state index in [-0.39, 0.29) is 0 Å². The van der Waals surface area contributed by atoms with Crippen LogP contribution in [0.25, 0.3) is 0 Å². The van der Waals surface area contributed by atoms with E-state index in [1.807, 2.05) is 66.7 Å². The third-order valence-corrected chi connectivity index (χ3v) is 6.61. The lowest BCUT2D eigenvalue weighted by atomic mass is 10.1. The van der Waals surface area contributed by atoms with Crippen LogP contribution in [0.2, 0.25) is 0 Å². The molecule has 0 aliphatic heterocycles. The molecule has 0 saturated heterocycles. The summed E-state index contributed by atoms with van der Waals surface area (Å²) in [5.74, 6) is 3.18. The molecule has 3 aromatic rings. The number of aryl methyl sites for hydroxylation is 1. The Hall–Kier alpha value is -2.55. The second-order valence-electron chi connectivity index (χ2n) is 5.91. The summed E-state index contributed by atoms with van der Waals surface area (Å²) in [6, 6.07) is 29.6. The van der Waals surface area contributed by atoms with Gasteiger partial charge in [-0.2, -0.15) is 0 Å². The van der Waals surface area contributed by atoms with E-state index in [2.05, 4.69) is 35.8 Å². The van der Waals surface area contributed by atoms with Crippen LogP contribution in [-0.2, 0) is 11.0 Å². The number of hydrogen-bond donors (Lipinski definition) is 0. The molecule has 3 aromatic carbocycles. The fourth-order valence-electron chi connectivity index (χ4n) is 2.75. The Labute approximate surface area is 150 Å². The lowest BCUT2D eigenvalue weighted by molar-refractivity contribution is 0.593. The van der Waals surface area contributed by atoms with Crippen molar-refractivity contribution in [1.29, 1.82) is 0 Å². The van der Waals surface area contributed by atoms with E-state index >= 15 is 0 Å². The van der Waals surface area contributed by atoms with Crippen molar-refractivity contribution >= 4 is 17.8 Å². The fraction of sp³-hybridized carbons (Fsp3) is 0.130. The van der Waals surface area contributed by atoms with Gasteiger partial charge in [-0.25, -0.2) is 0 Å². The van der Waals surface area contributed by atoms with E-state index in [0.29, 0.717) is 0 Å². The highest BCUT2D eigenvalue weighted by molar-refractivity contribution is 7.83. The van der Waals surface area contributed by atoms with Crippen LogP contribution < -0.4 is 10.6 Å². The van der Waals surface area contributed by atoms with Crippen molar-refractivity contribution in [1.82, 2.24) is 0 Å². The SMILES string of the molecule is O=P(C#CCCCc1ccccc1)(c1ccccc1)c1ccccc1. The molecular weight excluding hydrogens is 323 g/mol. The topological polar surface area (TPSA) is 17.1 Å². The molecule has 0 saturated carbocycles. The molecule has 2 heteroatoms. The van der Waals surface area contributed by atoms with Gasteiger partial charge >= 0.3 is 0 Å². The largest absolute Gasteiger partial charge is 0.300 e. The van der Waals surface area contributed by atoms with Crippen LogP contribution in [0.3, 0.4) is 0 Å². The average molecular weight is 344 g/mol. The van der Waals surface area contributed by atoms with Gasteiger partial charge < -0.3 is 0 Å². The monoisotopic (exact) mass is 344 g/mol. The van der Waals surface area contributed by atoms with Gasteiger partial charge in [-0.15, -0.1) is 0 Å². The van der Waals surface area contributed by atoms with Gasteiger partial charge in [0.25, 0.3) is 0 Å². The van der Waals surface area contributed by atoms with E-state index in [0.717, 1.165) is 29.9 Å². The highest BCUT2D eigenvalue weighted by atomic mass is 31.2. The van der Waals surface area contributed by atoms with Crippen LogP contribution in [0.1, 0.15) is 18.4 Å². The molecule has 0 N–H and O–H groups in total. The Morgan fingerprint density at radius 3 is 1.68 bits per heavy atom. The molecule has 25 heavy (non-hydrogen) atoms. The number of rotatable bonds is 5. The van der Waals surface area contributed by atoms with Gasteiger partial charge in [0, 0.05) is 17.0 Å². The molecule has 0 spiro atoms. The van der Waals surface area contributed by atoms with Crippen molar-refractivity contribution < 1.29 is 4.57 Å². The second kappa shape index (κ2) is 8.52. The maximum Gasteiger partial charge on any atom is 0.210 e. The van der Waals surface area contributed by atoms with Crippen molar-refractivity contribution in [2.24, 2.45) is 0 Å². The van der Waals surface area contributed by atoms with Crippen molar-refractivity contribution in [3.63, 3.8) is 0 Å². The first-order valence-corrected chi connectivity index (χ1v) is 10.2. The number of benzene rings is 3. The quantitative estimate of drug-likeness (QED) is 0.362. The Kier molecular flexibility index (Phi) is 5.89. The summed E-state index contributed by atoms with van der Waals surface area (Å²) in [5, 5.41) is 1.61. The van der Waals surface area contributed by atoms with Crippen LogP contribution in [0.5, 0.6) is 0 Å². The molecule has 0 unspecified atom stereocenters. The predicted molar refractivity (Wildman–Crippen MR) is 107 cm³/mol. The van der Waals surface area contributed by atoms with Gasteiger partial charge in [0.05, 0.1) is 0 Å². The normalized spacial score (nSPS) is 10.7. The standard InChI is InChI=1S/C23H21OP/c24-25(22-16-8-2-9-17-22,23-18-10-3-11-19-23)20-12-4-7-15-21-13-5-1-6-14-21/h1-3,5-6,8-11,13-14,16-19H,4,7,15H2.